The number of hydrogen-bond donors (Lipinski definition) is 3. The highest BCUT2D eigenvalue weighted by Gasteiger charge is 2.23. The zero-order valence-corrected chi connectivity index (χ0v) is 20.5. The number of aromatic nitrogens is 1. The number of aryl methyl sites for hydroxylation is 1. The normalized spacial score (nSPS) is 15.3. The Labute approximate surface area is 200 Å². The van der Waals surface area contributed by atoms with Gasteiger partial charge in [0.05, 0.1) is 18.4 Å². The molecular weight excluding hydrogens is 436 g/mol. The predicted octanol–water partition coefficient (Wildman–Crippen LogP) is 2.70. The van der Waals surface area contributed by atoms with E-state index in [2.05, 4.69) is 62.9 Å². The van der Waals surface area contributed by atoms with Crippen molar-refractivity contribution >= 4 is 28.1 Å². The van der Waals surface area contributed by atoms with Crippen molar-refractivity contribution in [2.75, 3.05) is 56.1 Å². The zero-order chi connectivity index (χ0) is 23.8. The molecular formula is C24H34N6O2S. The number of aliphatic hydroxyl groups excluding tert-OH is 1. The number of nitriles is 1. The molecule has 9 heteroatoms. The number of nitrogens with zero attached hydrogens (tertiary/aromatic N) is 4. The summed E-state index contributed by atoms with van der Waals surface area (Å²) in [6.07, 6.45) is 0.662. The van der Waals surface area contributed by atoms with Gasteiger partial charge in [-0.15, -0.1) is 0 Å². The lowest BCUT2D eigenvalue weighted by Crippen LogP contribution is -2.47. The topological polar surface area (TPSA) is 105 Å². The Balaban J connectivity index is 1.74. The molecule has 0 spiro atoms. The summed E-state index contributed by atoms with van der Waals surface area (Å²) >= 11 is 1.36. The van der Waals surface area contributed by atoms with Gasteiger partial charge >= 0.3 is 0 Å². The number of β-amino-alcohol motifs (C(OH)–C–C–N with tert-alkyl or cyclic N) is 1. The monoisotopic (exact) mass is 470 g/mol. The third-order valence-corrected chi connectivity index (χ3v) is 6.71. The number of nitrogens with one attached hydrogen (secondary N) is 2. The number of benzene rings is 1. The zero-order valence-electron chi connectivity index (χ0n) is 19.7. The van der Waals surface area contributed by atoms with Crippen LogP contribution >= 0.6 is 11.5 Å². The van der Waals surface area contributed by atoms with Crippen LogP contribution < -0.4 is 15.5 Å². The van der Waals surface area contributed by atoms with E-state index in [4.69, 9.17) is 10.4 Å². The van der Waals surface area contributed by atoms with E-state index in [0.29, 0.717) is 12.3 Å². The van der Waals surface area contributed by atoms with E-state index in [1.807, 2.05) is 13.0 Å². The maximum Gasteiger partial charge on any atom is 0.243 e. The van der Waals surface area contributed by atoms with Gasteiger partial charge < -0.3 is 20.6 Å². The van der Waals surface area contributed by atoms with Crippen LogP contribution in [-0.4, -0.2) is 72.2 Å². The van der Waals surface area contributed by atoms with Crippen molar-refractivity contribution in [3.63, 3.8) is 0 Å². The van der Waals surface area contributed by atoms with E-state index in [9.17, 15) is 4.79 Å². The highest BCUT2D eigenvalue weighted by molar-refractivity contribution is 7.11. The molecule has 1 fully saturated rings. The van der Waals surface area contributed by atoms with E-state index >= 15 is 0 Å². The minimum absolute atomic E-state index is 0.000589. The minimum atomic E-state index is -0.425. The van der Waals surface area contributed by atoms with Gasteiger partial charge in [-0.25, -0.2) is 0 Å². The minimum Gasteiger partial charge on any atom is -0.395 e. The van der Waals surface area contributed by atoms with Gasteiger partial charge in [0.2, 0.25) is 5.91 Å². The molecule has 1 amide bonds. The van der Waals surface area contributed by atoms with Crippen LogP contribution in [0.4, 0.5) is 10.7 Å². The number of anilines is 2. The smallest absolute Gasteiger partial charge is 0.243 e. The van der Waals surface area contributed by atoms with Crippen LogP contribution in [0.2, 0.25) is 0 Å². The van der Waals surface area contributed by atoms with E-state index < -0.39 is 6.04 Å². The quantitative estimate of drug-likeness (QED) is 0.459. The van der Waals surface area contributed by atoms with Crippen molar-refractivity contribution in [3.05, 3.63) is 30.0 Å². The van der Waals surface area contributed by atoms with E-state index in [0.717, 1.165) is 54.5 Å². The van der Waals surface area contributed by atoms with Crippen LogP contribution in [0.15, 0.2) is 24.3 Å². The second kappa shape index (κ2) is 12.0. The van der Waals surface area contributed by atoms with Gasteiger partial charge in [-0.1, -0.05) is 26.0 Å². The molecule has 0 saturated carbocycles. The van der Waals surface area contributed by atoms with Gasteiger partial charge in [0.1, 0.15) is 17.6 Å². The van der Waals surface area contributed by atoms with Gasteiger partial charge in [-0.3, -0.25) is 9.69 Å². The molecule has 178 valence electrons. The Hall–Kier alpha value is -2.67. The maximum atomic E-state index is 12.6. The summed E-state index contributed by atoms with van der Waals surface area (Å²) in [5.41, 5.74) is 4.19. The molecule has 33 heavy (non-hydrogen) atoms. The Morgan fingerprint density at radius 3 is 2.55 bits per heavy atom. The molecule has 1 saturated heterocycles. The van der Waals surface area contributed by atoms with Gasteiger partial charge in [-0.2, -0.15) is 9.64 Å². The van der Waals surface area contributed by atoms with Crippen molar-refractivity contribution in [2.45, 2.75) is 33.2 Å². The number of carbonyl (C=O) groups excluding carboxylic acids is 1. The fraction of sp³-hybridized carbons (Fsp3) is 0.542. The summed E-state index contributed by atoms with van der Waals surface area (Å²) in [6.45, 7) is 10.9. The highest BCUT2D eigenvalue weighted by atomic mass is 32.1. The largest absolute Gasteiger partial charge is 0.395 e. The molecule has 0 radical (unpaired) electrons. The number of carbonyl (C=O) groups is 1. The molecule has 8 nitrogen and oxygen atoms in total. The lowest BCUT2D eigenvalue weighted by atomic mass is 10.0. The Morgan fingerprint density at radius 1 is 1.24 bits per heavy atom. The van der Waals surface area contributed by atoms with Crippen molar-refractivity contribution in [2.24, 2.45) is 5.92 Å². The average Bonchev–Trinajstić information content (AvgIpc) is 3.17. The fourth-order valence-electron chi connectivity index (χ4n) is 4.13. The summed E-state index contributed by atoms with van der Waals surface area (Å²) in [5.74, 6) is 0.155. The SMILES string of the molecule is Cc1nsc(N[C@@H](CC(C)C)C(=O)NCC#N)c1-c1ccc(N2CCN(CCO)CC2)cc1. The van der Waals surface area contributed by atoms with Crippen molar-refractivity contribution in [1.29, 1.82) is 5.26 Å². The fourth-order valence-corrected chi connectivity index (χ4v) is 5.00. The summed E-state index contributed by atoms with van der Waals surface area (Å²) in [4.78, 5) is 17.3. The first kappa shape index (κ1) is 25.0. The second-order valence-corrected chi connectivity index (χ2v) is 9.55. The summed E-state index contributed by atoms with van der Waals surface area (Å²) < 4.78 is 4.54. The Morgan fingerprint density at radius 2 is 1.94 bits per heavy atom. The molecule has 2 aromatic rings. The standard InChI is InChI=1S/C24H34N6O2S/c1-17(2)16-21(23(32)26-9-8-25)27-24-22(18(3)28-33-24)19-4-6-20(7-5-19)30-12-10-29(11-13-30)14-15-31/h4-7,17,21,27,31H,9-16H2,1-3H3,(H,26,32)/t21-/m0/s1. The van der Waals surface area contributed by atoms with Crippen LogP contribution in [0.5, 0.6) is 0 Å². The number of rotatable bonds is 10. The maximum absolute atomic E-state index is 12.6. The predicted molar refractivity (Wildman–Crippen MR) is 134 cm³/mol. The molecule has 1 aliphatic heterocycles. The number of piperazine rings is 1. The molecule has 0 unspecified atom stereocenters. The Bertz CT molecular complexity index is 945. The third kappa shape index (κ3) is 6.67. The van der Waals surface area contributed by atoms with Crippen LogP contribution in [0.25, 0.3) is 11.1 Å². The summed E-state index contributed by atoms with van der Waals surface area (Å²) in [6, 6.07) is 10.1. The van der Waals surface area contributed by atoms with Gasteiger partial charge in [0.25, 0.3) is 0 Å². The molecule has 1 aromatic carbocycles. The molecule has 3 N–H and O–H groups in total. The van der Waals surface area contributed by atoms with Gasteiger partial charge in [0, 0.05) is 44.0 Å². The average molecular weight is 471 g/mol. The third-order valence-electron chi connectivity index (χ3n) is 5.84. The summed E-state index contributed by atoms with van der Waals surface area (Å²) in [7, 11) is 0. The molecule has 2 heterocycles. The van der Waals surface area contributed by atoms with Crippen LogP contribution in [-0.2, 0) is 4.79 Å². The van der Waals surface area contributed by atoms with E-state index in [1.165, 1.54) is 17.2 Å². The number of amides is 1. The number of aliphatic hydroxyl groups is 1. The lowest BCUT2D eigenvalue weighted by Gasteiger charge is -2.35. The molecule has 3 rings (SSSR count). The van der Waals surface area contributed by atoms with Crippen molar-refractivity contribution in [3.8, 4) is 17.2 Å². The first-order valence-electron chi connectivity index (χ1n) is 11.5. The first-order chi connectivity index (χ1) is 15.9. The highest BCUT2D eigenvalue weighted by Crippen LogP contribution is 2.36. The molecule has 1 aliphatic rings. The van der Waals surface area contributed by atoms with Crippen LogP contribution in [0, 0.1) is 24.2 Å². The van der Waals surface area contributed by atoms with Crippen molar-refractivity contribution in [1.82, 2.24) is 14.6 Å². The van der Waals surface area contributed by atoms with Crippen molar-refractivity contribution < 1.29 is 9.90 Å². The molecule has 1 aromatic heterocycles. The molecule has 0 aliphatic carbocycles. The number of hydrogen-bond acceptors (Lipinski definition) is 8. The van der Waals surface area contributed by atoms with Gasteiger partial charge in [0.15, 0.2) is 0 Å². The Kier molecular flexibility index (Phi) is 9.06. The van der Waals surface area contributed by atoms with E-state index in [1.54, 1.807) is 0 Å². The van der Waals surface area contributed by atoms with E-state index in [-0.39, 0.29) is 19.1 Å². The molecule has 1 atom stereocenters. The van der Waals surface area contributed by atoms with Crippen LogP contribution in [0.1, 0.15) is 26.0 Å². The first-order valence-corrected chi connectivity index (χ1v) is 12.3. The van der Waals surface area contributed by atoms with Crippen LogP contribution in [0.3, 0.4) is 0 Å². The summed E-state index contributed by atoms with van der Waals surface area (Å²) in [5, 5.41) is 24.9. The lowest BCUT2D eigenvalue weighted by molar-refractivity contribution is -0.121. The molecule has 0 bridgehead atoms. The second-order valence-electron chi connectivity index (χ2n) is 8.77. The van der Waals surface area contributed by atoms with Gasteiger partial charge in [-0.05, 0) is 48.5 Å².